The predicted molar refractivity (Wildman–Crippen MR) is 106 cm³/mol. The summed E-state index contributed by atoms with van der Waals surface area (Å²) in [6.45, 7) is 6.20. The largest absolute Gasteiger partial charge is 0.383 e. The van der Waals surface area contributed by atoms with Gasteiger partial charge in [0.2, 0.25) is 0 Å². The molecule has 4 rings (SSSR count). The second-order valence-corrected chi connectivity index (χ2v) is 7.00. The van der Waals surface area contributed by atoms with Crippen molar-refractivity contribution in [2.45, 2.75) is 12.8 Å². The number of nitrogens with zero attached hydrogens (tertiary/aromatic N) is 3. The number of hydrogen-bond donors (Lipinski definition) is 1. The summed E-state index contributed by atoms with van der Waals surface area (Å²) in [7, 11) is 0. The number of amides is 1. The lowest BCUT2D eigenvalue weighted by Gasteiger charge is -2.29. The maximum atomic E-state index is 12.9. The number of carbonyl (C=O) groups excluding carboxylic acids is 1. The molecule has 1 fully saturated rings. The first-order valence-corrected chi connectivity index (χ1v) is 9.71. The highest BCUT2D eigenvalue weighted by Crippen LogP contribution is 2.27. The maximum absolute atomic E-state index is 12.9. The Bertz CT molecular complexity index is 772. The van der Waals surface area contributed by atoms with Crippen LogP contribution in [0.3, 0.4) is 0 Å². The van der Waals surface area contributed by atoms with E-state index in [1.54, 1.807) is 6.20 Å². The second kappa shape index (κ2) is 8.50. The third kappa shape index (κ3) is 4.28. The average Bonchev–Trinajstić information content (AvgIpc) is 2.74. The average molecular weight is 366 g/mol. The first kappa shape index (κ1) is 17.9. The Kier molecular flexibility index (Phi) is 5.65. The minimum Gasteiger partial charge on any atom is -0.383 e. The summed E-state index contributed by atoms with van der Waals surface area (Å²) in [5, 5.41) is 3.38. The molecule has 0 spiro atoms. The molecular weight excluding hydrogens is 340 g/mol. The van der Waals surface area contributed by atoms with E-state index in [0.717, 1.165) is 70.2 Å². The molecule has 2 aromatic rings. The van der Waals surface area contributed by atoms with Gasteiger partial charge in [0.1, 0.15) is 5.69 Å². The van der Waals surface area contributed by atoms with Crippen molar-refractivity contribution >= 4 is 17.3 Å². The zero-order valence-electron chi connectivity index (χ0n) is 15.6. The first-order valence-electron chi connectivity index (χ1n) is 9.71. The summed E-state index contributed by atoms with van der Waals surface area (Å²) < 4.78 is 5.36. The third-order valence-electron chi connectivity index (χ3n) is 5.20. The Morgan fingerprint density at radius 2 is 1.96 bits per heavy atom. The molecule has 1 aromatic heterocycles. The van der Waals surface area contributed by atoms with Crippen LogP contribution in [-0.2, 0) is 11.2 Å². The molecule has 0 saturated carbocycles. The van der Waals surface area contributed by atoms with Crippen LogP contribution in [0.2, 0.25) is 0 Å². The van der Waals surface area contributed by atoms with Gasteiger partial charge in [-0.25, -0.2) is 4.98 Å². The Labute approximate surface area is 160 Å². The van der Waals surface area contributed by atoms with Gasteiger partial charge in [-0.05, 0) is 36.6 Å². The molecule has 2 aliphatic rings. The Morgan fingerprint density at radius 1 is 1.11 bits per heavy atom. The fourth-order valence-electron chi connectivity index (χ4n) is 3.69. The summed E-state index contributed by atoms with van der Waals surface area (Å²) in [6, 6.07) is 11.9. The molecule has 1 amide bonds. The number of ether oxygens (including phenoxy) is 1. The molecular formula is C21H26N4O2. The van der Waals surface area contributed by atoms with Crippen molar-refractivity contribution in [3.05, 3.63) is 53.9 Å². The highest BCUT2D eigenvalue weighted by atomic mass is 16.5. The van der Waals surface area contributed by atoms with E-state index < -0.39 is 0 Å². The van der Waals surface area contributed by atoms with Crippen molar-refractivity contribution in [2.24, 2.45) is 0 Å². The zero-order valence-corrected chi connectivity index (χ0v) is 15.6. The van der Waals surface area contributed by atoms with Gasteiger partial charge in [0.15, 0.2) is 0 Å². The van der Waals surface area contributed by atoms with Gasteiger partial charge in [0.05, 0.1) is 25.1 Å². The van der Waals surface area contributed by atoms with Crippen LogP contribution in [0, 0.1) is 0 Å². The molecule has 6 heteroatoms. The topological polar surface area (TPSA) is 57.7 Å². The Hall–Kier alpha value is -2.44. The summed E-state index contributed by atoms with van der Waals surface area (Å²) >= 11 is 0. The van der Waals surface area contributed by atoms with Crippen molar-refractivity contribution in [1.82, 2.24) is 9.88 Å². The van der Waals surface area contributed by atoms with Crippen LogP contribution in [0.1, 0.15) is 22.5 Å². The number of para-hydroxylation sites is 1. The lowest BCUT2D eigenvalue weighted by Crippen LogP contribution is -2.39. The fourth-order valence-corrected chi connectivity index (χ4v) is 3.69. The zero-order chi connectivity index (χ0) is 18.5. The Balaban J connectivity index is 1.35. The van der Waals surface area contributed by atoms with Gasteiger partial charge in [0.25, 0.3) is 5.91 Å². The number of aromatic nitrogens is 1. The number of rotatable bonds is 5. The van der Waals surface area contributed by atoms with Crippen LogP contribution in [0.4, 0.5) is 11.4 Å². The number of anilines is 2. The standard InChI is InChI=1S/C21H26N4O2/c26-21(25-10-3-5-17-4-1-2-6-20(17)25)19-8-7-18(16-23-19)22-9-11-24-12-14-27-15-13-24/h1-2,4,6-8,16,22H,3,5,9-15H2. The van der Waals surface area contributed by atoms with E-state index >= 15 is 0 Å². The number of carbonyl (C=O) groups is 1. The predicted octanol–water partition coefficient (Wildman–Crippen LogP) is 2.42. The molecule has 1 saturated heterocycles. The first-order chi connectivity index (χ1) is 13.3. The number of morpholine rings is 1. The maximum Gasteiger partial charge on any atom is 0.276 e. The number of pyridine rings is 1. The van der Waals surface area contributed by atoms with E-state index in [-0.39, 0.29) is 5.91 Å². The summed E-state index contributed by atoms with van der Waals surface area (Å²) in [5.74, 6) is -0.0259. The van der Waals surface area contributed by atoms with Crippen molar-refractivity contribution in [3.8, 4) is 0 Å². The third-order valence-corrected chi connectivity index (χ3v) is 5.20. The number of hydrogen-bond acceptors (Lipinski definition) is 5. The molecule has 0 radical (unpaired) electrons. The molecule has 0 unspecified atom stereocenters. The molecule has 0 aliphatic carbocycles. The van der Waals surface area contributed by atoms with Gasteiger partial charge < -0.3 is 15.0 Å². The molecule has 1 aromatic carbocycles. The van der Waals surface area contributed by atoms with Crippen molar-refractivity contribution in [2.75, 3.05) is 56.2 Å². The molecule has 0 atom stereocenters. The van der Waals surface area contributed by atoms with Gasteiger partial charge in [-0.1, -0.05) is 18.2 Å². The number of fused-ring (bicyclic) bond motifs is 1. The van der Waals surface area contributed by atoms with E-state index in [2.05, 4.69) is 21.3 Å². The van der Waals surface area contributed by atoms with Crippen LogP contribution in [0.5, 0.6) is 0 Å². The van der Waals surface area contributed by atoms with Gasteiger partial charge in [0, 0.05) is 38.4 Å². The van der Waals surface area contributed by atoms with E-state index in [1.807, 2.05) is 35.2 Å². The number of benzene rings is 1. The van der Waals surface area contributed by atoms with E-state index in [9.17, 15) is 4.79 Å². The molecule has 0 bridgehead atoms. The van der Waals surface area contributed by atoms with Crippen LogP contribution >= 0.6 is 0 Å². The van der Waals surface area contributed by atoms with Gasteiger partial charge in [-0.15, -0.1) is 0 Å². The summed E-state index contributed by atoms with van der Waals surface area (Å²) in [5.41, 5.74) is 3.69. The highest BCUT2D eigenvalue weighted by molar-refractivity contribution is 6.05. The smallest absolute Gasteiger partial charge is 0.276 e. The van der Waals surface area contributed by atoms with Crippen LogP contribution < -0.4 is 10.2 Å². The molecule has 27 heavy (non-hydrogen) atoms. The SMILES string of the molecule is O=C(c1ccc(NCCN2CCOCC2)cn1)N1CCCc2ccccc21. The minimum absolute atomic E-state index is 0.0259. The van der Waals surface area contributed by atoms with Gasteiger partial charge in [-0.2, -0.15) is 0 Å². The highest BCUT2D eigenvalue weighted by Gasteiger charge is 2.23. The van der Waals surface area contributed by atoms with Crippen LogP contribution in [0.15, 0.2) is 42.6 Å². The van der Waals surface area contributed by atoms with E-state index in [4.69, 9.17) is 4.74 Å². The van der Waals surface area contributed by atoms with Gasteiger partial charge >= 0.3 is 0 Å². The van der Waals surface area contributed by atoms with E-state index in [0.29, 0.717) is 5.69 Å². The summed E-state index contributed by atoms with van der Waals surface area (Å²) in [4.78, 5) is 21.6. The lowest BCUT2D eigenvalue weighted by molar-refractivity contribution is 0.0398. The minimum atomic E-state index is -0.0259. The molecule has 1 N–H and O–H groups in total. The van der Waals surface area contributed by atoms with Crippen molar-refractivity contribution in [3.63, 3.8) is 0 Å². The van der Waals surface area contributed by atoms with Crippen molar-refractivity contribution < 1.29 is 9.53 Å². The van der Waals surface area contributed by atoms with Crippen LogP contribution in [0.25, 0.3) is 0 Å². The second-order valence-electron chi connectivity index (χ2n) is 7.00. The van der Waals surface area contributed by atoms with Gasteiger partial charge in [-0.3, -0.25) is 9.69 Å². The number of aryl methyl sites for hydroxylation is 1. The molecule has 142 valence electrons. The summed E-state index contributed by atoms with van der Waals surface area (Å²) in [6.07, 6.45) is 3.77. The normalized spacial score (nSPS) is 17.4. The quantitative estimate of drug-likeness (QED) is 0.881. The van der Waals surface area contributed by atoms with Crippen molar-refractivity contribution in [1.29, 1.82) is 0 Å². The van der Waals surface area contributed by atoms with Crippen LogP contribution in [-0.4, -0.2) is 61.7 Å². The number of nitrogens with one attached hydrogen (secondary N) is 1. The molecule has 3 heterocycles. The monoisotopic (exact) mass is 366 g/mol. The molecule has 6 nitrogen and oxygen atoms in total. The lowest BCUT2D eigenvalue weighted by atomic mass is 10.0. The Morgan fingerprint density at radius 3 is 2.78 bits per heavy atom. The fraction of sp³-hybridized carbons (Fsp3) is 0.429. The van der Waals surface area contributed by atoms with E-state index in [1.165, 1.54) is 5.56 Å². The molecule has 2 aliphatic heterocycles.